The van der Waals surface area contributed by atoms with Crippen molar-refractivity contribution in [1.82, 2.24) is 0 Å². The highest BCUT2D eigenvalue weighted by Gasteiger charge is 2.28. The number of aromatic hydroxyl groups is 2. The Morgan fingerprint density at radius 2 is 1.83 bits per heavy atom. The van der Waals surface area contributed by atoms with E-state index >= 15 is 0 Å². The maximum Gasteiger partial charge on any atom is 0.204 e. The second-order valence-corrected chi connectivity index (χ2v) is 8.69. The number of rotatable bonds is 4. The third kappa shape index (κ3) is 3.16. The van der Waals surface area contributed by atoms with Gasteiger partial charge >= 0.3 is 0 Å². The summed E-state index contributed by atoms with van der Waals surface area (Å²) in [4.78, 5) is 13.5. The first-order valence-electron chi connectivity index (χ1n) is 10.1. The van der Waals surface area contributed by atoms with Crippen LogP contribution in [-0.2, 0) is 6.42 Å². The zero-order chi connectivity index (χ0) is 21.8. The smallest absolute Gasteiger partial charge is 0.204 e. The molecule has 6 heteroatoms. The van der Waals surface area contributed by atoms with Crippen molar-refractivity contribution >= 4 is 28.0 Å². The summed E-state index contributed by atoms with van der Waals surface area (Å²) in [6.07, 6.45) is 4.92. The molecule has 0 unspecified atom stereocenters. The number of ether oxygens (including phenoxy) is 2. The molecule has 2 N–H and O–H groups in total. The van der Waals surface area contributed by atoms with E-state index in [-0.39, 0.29) is 39.2 Å². The molecule has 158 valence electrons. The molecule has 1 aromatic heterocycles. The van der Waals surface area contributed by atoms with Gasteiger partial charge in [-0.3, -0.25) is 4.79 Å². The zero-order valence-corrected chi connectivity index (χ0v) is 17.8. The van der Waals surface area contributed by atoms with Gasteiger partial charge in [-0.25, -0.2) is 0 Å². The second kappa shape index (κ2) is 6.97. The van der Waals surface area contributed by atoms with Crippen molar-refractivity contribution in [2.75, 3.05) is 7.11 Å². The highest BCUT2D eigenvalue weighted by atomic mass is 16.5. The normalized spacial score (nSPS) is 14.9. The van der Waals surface area contributed by atoms with Gasteiger partial charge in [0.05, 0.1) is 18.1 Å². The van der Waals surface area contributed by atoms with E-state index in [0.29, 0.717) is 34.6 Å². The molecule has 0 atom stereocenters. The van der Waals surface area contributed by atoms with Gasteiger partial charge in [-0.05, 0) is 44.8 Å². The number of phenols is 2. The zero-order valence-electron chi connectivity index (χ0n) is 17.8. The van der Waals surface area contributed by atoms with Gasteiger partial charge in [0.25, 0.3) is 0 Å². The van der Waals surface area contributed by atoms with Crippen molar-refractivity contribution in [2.24, 2.45) is 5.92 Å². The van der Waals surface area contributed by atoms with Crippen molar-refractivity contribution in [3.05, 3.63) is 39.6 Å². The topological polar surface area (TPSA) is 89.1 Å². The fourth-order valence-electron chi connectivity index (χ4n) is 3.93. The minimum Gasteiger partial charge on any atom is -0.506 e. The Kier molecular flexibility index (Phi) is 4.68. The number of methoxy groups -OCH3 is 1. The molecular weight excluding hydrogens is 384 g/mol. The Bertz CT molecular complexity index is 1250. The fraction of sp³-hybridized carbons (Fsp3) is 0.375. The Labute approximate surface area is 174 Å². The number of hydrogen-bond donors (Lipinski definition) is 2. The second-order valence-electron chi connectivity index (χ2n) is 8.69. The molecule has 2 aromatic carbocycles. The minimum absolute atomic E-state index is 0.0891. The van der Waals surface area contributed by atoms with Crippen LogP contribution in [0.4, 0.5) is 0 Å². The van der Waals surface area contributed by atoms with Gasteiger partial charge in [0.15, 0.2) is 11.5 Å². The van der Waals surface area contributed by atoms with Crippen LogP contribution in [0.2, 0.25) is 0 Å². The van der Waals surface area contributed by atoms with Gasteiger partial charge in [-0.15, -0.1) is 0 Å². The first-order valence-corrected chi connectivity index (χ1v) is 10.1. The molecule has 0 saturated carbocycles. The summed E-state index contributed by atoms with van der Waals surface area (Å²) in [5.41, 5.74) is 0.579. The third-order valence-electron chi connectivity index (χ3n) is 5.46. The van der Waals surface area contributed by atoms with Crippen molar-refractivity contribution < 1.29 is 24.1 Å². The number of hydrogen-bond acceptors (Lipinski definition) is 6. The lowest BCUT2D eigenvalue weighted by atomic mass is 9.95. The number of benzene rings is 2. The van der Waals surface area contributed by atoms with Crippen molar-refractivity contribution in [3.8, 4) is 23.0 Å². The van der Waals surface area contributed by atoms with Crippen molar-refractivity contribution in [1.29, 1.82) is 0 Å². The molecule has 0 aliphatic carbocycles. The maximum absolute atomic E-state index is 13.5. The van der Waals surface area contributed by atoms with Crippen LogP contribution >= 0.6 is 0 Å². The van der Waals surface area contributed by atoms with Crippen molar-refractivity contribution in [2.45, 2.75) is 46.1 Å². The Hall–Kier alpha value is -3.15. The largest absolute Gasteiger partial charge is 0.506 e. The van der Waals surface area contributed by atoms with Crippen LogP contribution in [0.1, 0.15) is 45.2 Å². The summed E-state index contributed by atoms with van der Waals surface area (Å²) in [6.45, 7) is 7.97. The van der Waals surface area contributed by atoms with E-state index in [1.54, 1.807) is 12.1 Å². The van der Waals surface area contributed by atoms with Crippen molar-refractivity contribution in [3.63, 3.8) is 0 Å². The fourth-order valence-corrected chi connectivity index (χ4v) is 3.93. The molecule has 0 radical (unpaired) electrons. The van der Waals surface area contributed by atoms with Crippen LogP contribution in [0.3, 0.4) is 0 Å². The summed E-state index contributed by atoms with van der Waals surface area (Å²) in [5.74, 6) is 0.830. The van der Waals surface area contributed by atoms with Gasteiger partial charge in [0, 0.05) is 17.7 Å². The minimum atomic E-state index is -0.542. The third-order valence-corrected chi connectivity index (χ3v) is 5.46. The van der Waals surface area contributed by atoms with Crippen LogP contribution in [0.15, 0.2) is 27.4 Å². The lowest BCUT2D eigenvalue weighted by Gasteiger charge is -2.28. The molecule has 3 aromatic rings. The van der Waals surface area contributed by atoms with E-state index in [2.05, 4.69) is 13.8 Å². The first kappa shape index (κ1) is 20.1. The summed E-state index contributed by atoms with van der Waals surface area (Å²) in [7, 11) is 1.46. The number of fused-ring (bicyclic) bond motifs is 3. The molecule has 0 saturated heterocycles. The average Bonchev–Trinajstić information content (AvgIpc) is 2.64. The summed E-state index contributed by atoms with van der Waals surface area (Å²) in [6, 6.07) is 3.00. The van der Waals surface area contributed by atoms with E-state index in [1.165, 1.54) is 13.2 Å². The molecule has 0 amide bonds. The Morgan fingerprint density at radius 3 is 2.50 bits per heavy atom. The molecular formula is C24H26O6. The highest BCUT2D eigenvalue weighted by molar-refractivity contribution is 5.99. The molecule has 6 nitrogen and oxygen atoms in total. The lowest BCUT2D eigenvalue weighted by molar-refractivity contribution is 0.158. The van der Waals surface area contributed by atoms with Gasteiger partial charge in [-0.2, -0.15) is 0 Å². The SMILES string of the molecule is COc1c(O)cc2oc3cc4c(c(O)c3c(=O)c2c1CCC(C)C)C=CC(C)(C)O4. The van der Waals surface area contributed by atoms with E-state index in [0.717, 1.165) is 6.42 Å². The van der Waals surface area contributed by atoms with E-state index < -0.39 is 5.60 Å². The van der Waals surface area contributed by atoms with Gasteiger partial charge < -0.3 is 24.1 Å². The monoisotopic (exact) mass is 410 g/mol. The molecule has 1 aliphatic rings. The van der Waals surface area contributed by atoms with Crippen LogP contribution in [0.25, 0.3) is 28.0 Å². The van der Waals surface area contributed by atoms with Gasteiger partial charge in [-0.1, -0.05) is 13.8 Å². The average molecular weight is 410 g/mol. The molecule has 2 heterocycles. The predicted molar refractivity (Wildman–Crippen MR) is 117 cm³/mol. The van der Waals surface area contributed by atoms with Crippen LogP contribution in [0.5, 0.6) is 23.0 Å². The van der Waals surface area contributed by atoms with E-state index in [4.69, 9.17) is 13.9 Å². The van der Waals surface area contributed by atoms with Gasteiger partial charge in [0.2, 0.25) is 5.43 Å². The molecule has 30 heavy (non-hydrogen) atoms. The molecule has 1 aliphatic heterocycles. The van der Waals surface area contributed by atoms with Gasteiger partial charge in [0.1, 0.15) is 33.7 Å². The number of phenolic OH excluding ortho intramolecular Hbond substituents is 2. The van der Waals surface area contributed by atoms with E-state index in [1.807, 2.05) is 19.9 Å². The Balaban J connectivity index is 2.08. The van der Waals surface area contributed by atoms with Crippen LogP contribution in [0, 0.1) is 5.92 Å². The van der Waals surface area contributed by atoms with Crippen LogP contribution in [-0.4, -0.2) is 22.9 Å². The summed E-state index contributed by atoms with van der Waals surface area (Å²) < 4.78 is 17.3. The Morgan fingerprint density at radius 1 is 1.13 bits per heavy atom. The quantitative estimate of drug-likeness (QED) is 0.579. The lowest BCUT2D eigenvalue weighted by Crippen LogP contribution is -2.27. The van der Waals surface area contributed by atoms with E-state index in [9.17, 15) is 15.0 Å². The molecule has 4 rings (SSSR count). The van der Waals surface area contributed by atoms with Crippen LogP contribution < -0.4 is 14.9 Å². The first-order chi connectivity index (χ1) is 14.1. The maximum atomic E-state index is 13.5. The highest BCUT2D eigenvalue weighted by Crippen LogP contribution is 2.43. The molecule has 0 spiro atoms. The number of aryl methyl sites for hydroxylation is 1. The molecule has 0 fully saturated rings. The summed E-state index contributed by atoms with van der Waals surface area (Å²) in [5, 5.41) is 21.8. The predicted octanol–water partition coefficient (Wildman–Crippen LogP) is 5.14. The summed E-state index contributed by atoms with van der Waals surface area (Å²) >= 11 is 0. The molecule has 0 bridgehead atoms. The standard InChI is InChI=1S/C24H26O6/c1-12(2)6-7-14-19-17(10-15(25)23(14)28-5)29-18-11-16-13(8-9-24(3,4)30-16)21(26)20(18)22(19)27/h8-12,25-26H,6-7H2,1-5H3.